The van der Waals surface area contributed by atoms with Crippen molar-refractivity contribution in [3.05, 3.63) is 53.3 Å². The molecular formula is C14H18MnN2. The third-order valence-corrected chi connectivity index (χ3v) is 3.25. The Morgan fingerprint density at radius 3 is 2.18 bits per heavy atom. The largest absolute Gasteiger partial charge is 0.273 e. The predicted octanol–water partition coefficient (Wildman–Crippen LogP) is 3.05. The Hall–Kier alpha value is -1.05. The first-order valence-corrected chi connectivity index (χ1v) is 5.58. The monoisotopic (exact) mass is 269 g/mol. The van der Waals surface area contributed by atoms with E-state index in [0.29, 0.717) is 0 Å². The van der Waals surface area contributed by atoms with E-state index >= 15 is 0 Å². The molecule has 0 bridgehead atoms. The molecule has 0 aliphatic heterocycles. The van der Waals surface area contributed by atoms with Crippen LogP contribution in [0, 0.1) is 6.92 Å². The zero-order valence-corrected chi connectivity index (χ0v) is 11.9. The summed E-state index contributed by atoms with van der Waals surface area (Å²) in [6.45, 7) is 6.51. The Morgan fingerprint density at radius 1 is 1.12 bits per heavy atom. The van der Waals surface area contributed by atoms with Crippen LogP contribution in [0.5, 0.6) is 0 Å². The summed E-state index contributed by atoms with van der Waals surface area (Å²) in [4.78, 5) is 0. The van der Waals surface area contributed by atoms with Crippen LogP contribution in [0.2, 0.25) is 0 Å². The number of benzene rings is 1. The summed E-state index contributed by atoms with van der Waals surface area (Å²) in [6, 6.07) is 12.7. The van der Waals surface area contributed by atoms with Crippen LogP contribution < -0.4 is 0 Å². The van der Waals surface area contributed by atoms with Gasteiger partial charge >= 0.3 is 0 Å². The summed E-state index contributed by atoms with van der Waals surface area (Å²) in [5.74, 6) is 0. The van der Waals surface area contributed by atoms with Gasteiger partial charge in [0, 0.05) is 35.2 Å². The van der Waals surface area contributed by atoms with Crippen molar-refractivity contribution in [1.29, 1.82) is 0 Å². The third kappa shape index (κ3) is 2.62. The van der Waals surface area contributed by atoms with Crippen molar-refractivity contribution in [2.24, 2.45) is 7.05 Å². The maximum Gasteiger partial charge on any atom is 0.0727 e. The van der Waals surface area contributed by atoms with E-state index in [1.54, 1.807) is 0 Å². The van der Waals surface area contributed by atoms with Gasteiger partial charge in [-0.25, -0.2) is 0 Å². The van der Waals surface area contributed by atoms with E-state index in [1.165, 1.54) is 11.3 Å². The first kappa shape index (κ1) is 14.0. The minimum atomic E-state index is -0.0344. The molecule has 0 aliphatic rings. The molecule has 0 fully saturated rings. The summed E-state index contributed by atoms with van der Waals surface area (Å²) < 4.78 is 1.93. The molecule has 0 aliphatic carbocycles. The predicted molar refractivity (Wildman–Crippen MR) is 66.5 cm³/mol. The number of hydrogen-bond acceptors (Lipinski definition) is 1. The van der Waals surface area contributed by atoms with Crippen LogP contribution in [0.4, 0.5) is 0 Å². The molecule has 0 atom stereocenters. The first-order valence-electron chi connectivity index (χ1n) is 5.58. The van der Waals surface area contributed by atoms with Gasteiger partial charge < -0.3 is 0 Å². The fourth-order valence-corrected chi connectivity index (χ4v) is 1.87. The van der Waals surface area contributed by atoms with E-state index in [0.717, 1.165) is 5.69 Å². The molecule has 0 saturated heterocycles. The van der Waals surface area contributed by atoms with E-state index in [1.807, 2.05) is 17.8 Å². The number of nitrogens with zero attached hydrogens (tertiary/aromatic N) is 2. The van der Waals surface area contributed by atoms with Gasteiger partial charge in [0.1, 0.15) is 0 Å². The molecule has 0 spiro atoms. The maximum atomic E-state index is 4.57. The quantitative estimate of drug-likeness (QED) is 0.766. The van der Waals surface area contributed by atoms with Gasteiger partial charge in [0.05, 0.1) is 5.69 Å². The second-order valence-electron chi connectivity index (χ2n) is 4.79. The van der Waals surface area contributed by atoms with Crippen molar-refractivity contribution in [2.75, 3.05) is 0 Å². The number of aryl methyl sites for hydroxylation is 2. The Balaban J connectivity index is 0.00000144. The maximum absolute atomic E-state index is 4.57. The van der Waals surface area contributed by atoms with Gasteiger partial charge in [0.2, 0.25) is 0 Å². The van der Waals surface area contributed by atoms with Gasteiger partial charge in [-0.15, -0.1) is 0 Å². The minimum Gasteiger partial charge on any atom is -0.273 e. The standard InChI is InChI=1S/C14H18N2.Mn/c1-11-10-13(15-16(11)4)14(2,3)12-8-6-5-7-9-12;/h5-10H,1-4H3;. The van der Waals surface area contributed by atoms with Crippen LogP contribution in [0.1, 0.15) is 30.8 Å². The second kappa shape index (κ2) is 5.07. The van der Waals surface area contributed by atoms with Gasteiger partial charge in [-0.1, -0.05) is 44.2 Å². The van der Waals surface area contributed by atoms with Gasteiger partial charge in [-0.2, -0.15) is 5.10 Å². The molecule has 1 heterocycles. The molecule has 2 nitrogen and oxygen atoms in total. The number of rotatable bonds is 2. The smallest absolute Gasteiger partial charge is 0.0727 e. The fraction of sp³-hybridized carbons (Fsp3) is 0.357. The fourth-order valence-electron chi connectivity index (χ4n) is 1.87. The zero-order valence-electron chi connectivity index (χ0n) is 10.7. The van der Waals surface area contributed by atoms with Crippen molar-refractivity contribution in [3.63, 3.8) is 0 Å². The van der Waals surface area contributed by atoms with Crippen molar-refractivity contribution in [1.82, 2.24) is 9.78 Å². The van der Waals surface area contributed by atoms with E-state index < -0.39 is 0 Å². The molecule has 0 saturated carbocycles. The van der Waals surface area contributed by atoms with Gasteiger partial charge in [0.25, 0.3) is 0 Å². The topological polar surface area (TPSA) is 17.8 Å². The van der Waals surface area contributed by atoms with Crippen LogP contribution >= 0.6 is 0 Å². The molecule has 0 unspecified atom stereocenters. The summed E-state index contributed by atoms with van der Waals surface area (Å²) >= 11 is 0. The molecule has 17 heavy (non-hydrogen) atoms. The van der Waals surface area contributed by atoms with Gasteiger partial charge in [-0.05, 0) is 18.6 Å². The van der Waals surface area contributed by atoms with E-state index in [-0.39, 0.29) is 22.5 Å². The third-order valence-electron chi connectivity index (χ3n) is 3.25. The summed E-state index contributed by atoms with van der Waals surface area (Å²) in [7, 11) is 1.99. The molecule has 1 radical (unpaired) electrons. The van der Waals surface area contributed by atoms with Crippen LogP contribution in [-0.2, 0) is 29.5 Å². The molecule has 2 aromatic rings. The number of aromatic nitrogens is 2. The second-order valence-corrected chi connectivity index (χ2v) is 4.79. The van der Waals surface area contributed by atoms with Gasteiger partial charge in [-0.3, -0.25) is 4.68 Å². The van der Waals surface area contributed by atoms with Crippen LogP contribution in [0.15, 0.2) is 36.4 Å². The summed E-state index contributed by atoms with van der Waals surface area (Å²) in [6.07, 6.45) is 0. The van der Waals surface area contributed by atoms with Gasteiger partial charge in [0.15, 0.2) is 0 Å². The Morgan fingerprint density at radius 2 is 1.71 bits per heavy atom. The molecule has 91 valence electrons. The Labute approximate surface area is 114 Å². The molecule has 2 rings (SSSR count). The SMILES string of the molecule is Cc1cc(C(C)(C)c2ccccc2)nn1C.[Mn]. The normalized spacial score (nSPS) is 11.1. The molecule has 1 aromatic carbocycles. The van der Waals surface area contributed by atoms with E-state index in [2.05, 4.69) is 56.2 Å². The van der Waals surface area contributed by atoms with E-state index in [9.17, 15) is 0 Å². The molecule has 0 N–H and O–H groups in total. The van der Waals surface area contributed by atoms with E-state index in [4.69, 9.17) is 0 Å². The van der Waals surface area contributed by atoms with Crippen LogP contribution in [-0.4, -0.2) is 9.78 Å². The average Bonchev–Trinajstić information content (AvgIpc) is 2.61. The summed E-state index contributed by atoms with van der Waals surface area (Å²) in [5, 5.41) is 4.57. The molecule has 0 amide bonds. The van der Waals surface area contributed by atoms with Crippen molar-refractivity contribution < 1.29 is 17.1 Å². The summed E-state index contributed by atoms with van der Waals surface area (Å²) in [5.41, 5.74) is 3.58. The zero-order chi connectivity index (χ0) is 11.8. The van der Waals surface area contributed by atoms with Crippen LogP contribution in [0.25, 0.3) is 0 Å². The van der Waals surface area contributed by atoms with Crippen molar-refractivity contribution in [3.8, 4) is 0 Å². The first-order chi connectivity index (χ1) is 7.51. The number of hydrogen-bond donors (Lipinski definition) is 0. The Bertz CT molecular complexity index is 467. The Kier molecular flexibility index (Phi) is 4.18. The van der Waals surface area contributed by atoms with Crippen molar-refractivity contribution in [2.45, 2.75) is 26.2 Å². The van der Waals surface area contributed by atoms with Crippen LogP contribution in [0.3, 0.4) is 0 Å². The average molecular weight is 269 g/mol. The van der Waals surface area contributed by atoms with Crippen molar-refractivity contribution >= 4 is 0 Å². The molecule has 3 heteroatoms. The molecular weight excluding hydrogens is 251 g/mol. The molecule has 1 aromatic heterocycles. The minimum absolute atomic E-state index is 0.